The van der Waals surface area contributed by atoms with Gasteiger partial charge in [0.2, 0.25) is 0 Å². The predicted molar refractivity (Wildman–Crippen MR) is 111 cm³/mol. The van der Waals surface area contributed by atoms with Gasteiger partial charge in [-0.25, -0.2) is 13.8 Å². The summed E-state index contributed by atoms with van der Waals surface area (Å²) < 4.78 is 35.1. The number of anilines is 1. The third-order valence-corrected chi connectivity index (χ3v) is 5.18. The highest BCUT2D eigenvalue weighted by Crippen LogP contribution is 2.23. The molecule has 1 fully saturated rings. The van der Waals surface area contributed by atoms with E-state index in [0.29, 0.717) is 62.0 Å². The molecule has 1 aromatic heterocycles. The van der Waals surface area contributed by atoms with Crippen LogP contribution in [0.3, 0.4) is 0 Å². The standard InChI is InChI=1S/C23H23F2N3O2/c1-16-13-23(29)28(22(26-16)8-5-17-3-2-4-18(24)14-17)19-6-7-21(20(25)15-19)27-9-11-30-12-10-27/h2-4,6-7,13-15H,5,8-12H2,1H3. The first-order valence-corrected chi connectivity index (χ1v) is 9.98. The third kappa shape index (κ3) is 4.41. The molecule has 3 aromatic rings. The van der Waals surface area contributed by atoms with Gasteiger partial charge in [-0.2, -0.15) is 0 Å². The van der Waals surface area contributed by atoms with Crippen molar-refractivity contribution in [2.45, 2.75) is 19.8 Å². The van der Waals surface area contributed by atoms with Crippen LogP contribution in [-0.4, -0.2) is 35.9 Å². The molecule has 0 spiro atoms. The van der Waals surface area contributed by atoms with Gasteiger partial charge in [-0.1, -0.05) is 12.1 Å². The van der Waals surface area contributed by atoms with Crippen LogP contribution in [0.25, 0.3) is 5.69 Å². The quantitative estimate of drug-likeness (QED) is 0.645. The fourth-order valence-corrected chi connectivity index (χ4v) is 3.74. The second-order valence-electron chi connectivity index (χ2n) is 7.35. The Balaban J connectivity index is 1.66. The van der Waals surface area contributed by atoms with E-state index < -0.39 is 5.82 Å². The van der Waals surface area contributed by atoms with Gasteiger partial charge in [0.05, 0.1) is 24.6 Å². The van der Waals surface area contributed by atoms with E-state index in [0.717, 1.165) is 5.56 Å². The monoisotopic (exact) mass is 411 g/mol. The number of rotatable bonds is 5. The van der Waals surface area contributed by atoms with Crippen molar-refractivity contribution in [1.29, 1.82) is 0 Å². The van der Waals surface area contributed by atoms with E-state index in [1.54, 1.807) is 25.1 Å². The number of benzene rings is 2. The maximum Gasteiger partial charge on any atom is 0.258 e. The Labute approximate surface area is 173 Å². The van der Waals surface area contributed by atoms with Crippen molar-refractivity contribution in [2.75, 3.05) is 31.2 Å². The maximum absolute atomic E-state index is 14.9. The first-order valence-electron chi connectivity index (χ1n) is 9.98. The lowest BCUT2D eigenvalue weighted by molar-refractivity contribution is 0.122. The second-order valence-corrected chi connectivity index (χ2v) is 7.35. The topological polar surface area (TPSA) is 47.4 Å². The largest absolute Gasteiger partial charge is 0.378 e. The second kappa shape index (κ2) is 8.75. The molecule has 30 heavy (non-hydrogen) atoms. The molecule has 0 N–H and O–H groups in total. The first kappa shape index (κ1) is 20.2. The van der Waals surface area contributed by atoms with Crippen LogP contribution in [0.15, 0.2) is 53.3 Å². The minimum Gasteiger partial charge on any atom is -0.378 e. The molecule has 0 amide bonds. The van der Waals surface area contributed by atoms with Crippen LogP contribution >= 0.6 is 0 Å². The van der Waals surface area contributed by atoms with Gasteiger partial charge < -0.3 is 9.64 Å². The van der Waals surface area contributed by atoms with Crippen molar-refractivity contribution in [3.63, 3.8) is 0 Å². The molecular weight excluding hydrogens is 388 g/mol. The Morgan fingerprint density at radius 3 is 2.57 bits per heavy atom. The highest BCUT2D eigenvalue weighted by Gasteiger charge is 2.17. The smallest absolute Gasteiger partial charge is 0.258 e. The fourth-order valence-electron chi connectivity index (χ4n) is 3.74. The molecule has 0 unspecified atom stereocenters. The van der Waals surface area contributed by atoms with Crippen LogP contribution in [0.5, 0.6) is 0 Å². The molecule has 1 aliphatic rings. The summed E-state index contributed by atoms with van der Waals surface area (Å²) in [7, 11) is 0. The zero-order valence-electron chi connectivity index (χ0n) is 16.8. The molecule has 5 nitrogen and oxygen atoms in total. The fraction of sp³-hybridized carbons (Fsp3) is 0.304. The van der Waals surface area contributed by atoms with Crippen molar-refractivity contribution in [3.05, 3.63) is 87.6 Å². The first-order chi connectivity index (χ1) is 14.5. The van der Waals surface area contributed by atoms with Gasteiger partial charge in [-0.3, -0.25) is 9.36 Å². The van der Waals surface area contributed by atoms with Crippen LogP contribution in [0.2, 0.25) is 0 Å². The number of morpholine rings is 1. The Morgan fingerprint density at radius 1 is 1.03 bits per heavy atom. The molecule has 2 heterocycles. The van der Waals surface area contributed by atoms with Crippen LogP contribution < -0.4 is 10.5 Å². The molecule has 4 rings (SSSR count). The third-order valence-electron chi connectivity index (χ3n) is 5.18. The maximum atomic E-state index is 14.9. The van der Waals surface area contributed by atoms with Crippen molar-refractivity contribution in [3.8, 4) is 5.69 Å². The zero-order valence-corrected chi connectivity index (χ0v) is 16.8. The van der Waals surface area contributed by atoms with Crippen molar-refractivity contribution >= 4 is 5.69 Å². The van der Waals surface area contributed by atoms with Crippen LogP contribution in [-0.2, 0) is 17.6 Å². The number of hydrogen-bond donors (Lipinski definition) is 0. The summed E-state index contributed by atoms with van der Waals surface area (Å²) in [6.07, 6.45) is 0.940. The van der Waals surface area contributed by atoms with Crippen LogP contribution in [0, 0.1) is 18.6 Å². The molecule has 0 bridgehead atoms. The SMILES string of the molecule is Cc1cc(=O)n(-c2ccc(N3CCOCC3)c(F)c2)c(CCc2cccc(F)c2)n1. The lowest BCUT2D eigenvalue weighted by Gasteiger charge is -2.29. The summed E-state index contributed by atoms with van der Waals surface area (Å²) in [4.78, 5) is 19.2. The number of halogens is 2. The van der Waals surface area contributed by atoms with E-state index in [9.17, 15) is 13.6 Å². The van der Waals surface area contributed by atoms with Crippen LogP contribution in [0.1, 0.15) is 17.1 Å². The molecule has 0 atom stereocenters. The zero-order chi connectivity index (χ0) is 21.1. The predicted octanol–water partition coefficient (Wildman–Crippen LogP) is 3.44. The highest BCUT2D eigenvalue weighted by atomic mass is 19.1. The molecule has 1 aliphatic heterocycles. The average molecular weight is 411 g/mol. The van der Waals surface area contributed by atoms with Gasteiger partial charge in [-0.15, -0.1) is 0 Å². The van der Waals surface area contributed by atoms with Gasteiger partial charge in [0.25, 0.3) is 5.56 Å². The van der Waals surface area contributed by atoms with Gasteiger partial charge in [-0.05, 0) is 43.2 Å². The molecular formula is C23H23F2N3O2. The van der Waals surface area contributed by atoms with E-state index in [4.69, 9.17) is 4.74 Å². The summed E-state index contributed by atoms with van der Waals surface area (Å²) in [5.41, 5.74) is 2.06. The Kier molecular flexibility index (Phi) is 5.90. The Bertz CT molecular complexity index is 1110. The lowest BCUT2D eigenvalue weighted by atomic mass is 10.1. The Morgan fingerprint density at radius 2 is 1.83 bits per heavy atom. The van der Waals surface area contributed by atoms with Crippen molar-refractivity contribution in [1.82, 2.24) is 9.55 Å². The summed E-state index contributed by atoms with van der Waals surface area (Å²) in [5.74, 6) is -0.177. The number of aromatic nitrogens is 2. The van der Waals surface area contributed by atoms with Gasteiger partial charge in [0.1, 0.15) is 17.5 Å². The van der Waals surface area contributed by atoms with Gasteiger partial charge in [0.15, 0.2) is 0 Å². The summed E-state index contributed by atoms with van der Waals surface area (Å²) >= 11 is 0. The summed E-state index contributed by atoms with van der Waals surface area (Å²) in [6.45, 7) is 4.13. The van der Waals surface area contributed by atoms with E-state index in [1.807, 2.05) is 11.0 Å². The molecule has 0 radical (unpaired) electrons. The normalized spacial score (nSPS) is 14.2. The number of aryl methyl sites for hydroxylation is 3. The van der Waals surface area contributed by atoms with Crippen molar-refractivity contribution < 1.29 is 13.5 Å². The lowest BCUT2D eigenvalue weighted by Crippen LogP contribution is -2.36. The van der Waals surface area contributed by atoms with Gasteiger partial charge in [0, 0.05) is 37.3 Å². The molecule has 156 valence electrons. The minimum atomic E-state index is -0.391. The molecule has 0 aliphatic carbocycles. The van der Waals surface area contributed by atoms with Gasteiger partial charge >= 0.3 is 0 Å². The molecule has 1 saturated heterocycles. The molecule has 0 saturated carbocycles. The Hall–Kier alpha value is -3.06. The van der Waals surface area contributed by atoms with Crippen LogP contribution in [0.4, 0.5) is 14.5 Å². The highest BCUT2D eigenvalue weighted by molar-refractivity contribution is 5.53. The molecule has 7 heteroatoms. The number of nitrogens with zero attached hydrogens (tertiary/aromatic N) is 3. The van der Waals surface area contributed by atoms with E-state index in [2.05, 4.69) is 4.98 Å². The average Bonchev–Trinajstić information content (AvgIpc) is 2.72. The molecule has 2 aromatic carbocycles. The number of hydrogen-bond acceptors (Lipinski definition) is 4. The van der Waals surface area contributed by atoms with E-state index >= 15 is 0 Å². The van der Waals surface area contributed by atoms with E-state index in [-0.39, 0.29) is 11.4 Å². The minimum absolute atomic E-state index is 0.268. The van der Waals surface area contributed by atoms with E-state index in [1.165, 1.54) is 28.8 Å². The summed E-state index contributed by atoms with van der Waals surface area (Å²) in [6, 6.07) is 12.6. The number of ether oxygens (including phenoxy) is 1. The van der Waals surface area contributed by atoms with Crippen molar-refractivity contribution in [2.24, 2.45) is 0 Å². The summed E-state index contributed by atoms with van der Waals surface area (Å²) in [5, 5.41) is 0.